The fraction of sp³-hybridized carbons (Fsp3) is 0.933. The molecule has 4 nitrogen and oxygen atoms in total. The Morgan fingerprint density at radius 1 is 1.35 bits per heavy atom. The largest absolute Gasteiger partial charge is 0.380 e. The Morgan fingerprint density at radius 2 is 1.95 bits per heavy atom. The van der Waals surface area contributed by atoms with Crippen LogP contribution in [-0.2, 0) is 9.53 Å². The van der Waals surface area contributed by atoms with E-state index in [9.17, 15) is 4.79 Å². The van der Waals surface area contributed by atoms with E-state index in [1.54, 1.807) is 7.11 Å². The lowest BCUT2D eigenvalue weighted by Gasteiger charge is -2.31. The zero-order chi connectivity index (χ0) is 14.3. The molecule has 20 heavy (non-hydrogen) atoms. The van der Waals surface area contributed by atoms with Crippen molar-refractivity contribution in [1.82, 2.24) is 5.32 Å². The van der Waals surface area contributed by atoms with Gasteiger partial charge in [0.15, 0.2) is 0 Å². The number of ether oxygens (including phenoxy) is 1. The van der Waals surface area contributed by atoms with Crippen LogP contribution in [0, 0.1) is 11.3 Å². The topological polar surface area (TPSA) is 64.3 Å². The summed E-state index contributed by atoms with van der Waals surface area (Å²) in [6, 6.07) is 0. The number of amides is 1. The fourth-order valence-corrected chi connectivity index (χ4v) is 3.27. The molecule has 1 rings (SSSR count). The van der Waals surface area contributed by atoms with Gasteiger partial charge in [0, 0.05) is 20.2 Å². The predicted octanol–water partition coefficient (Wildman–Crippen LogP) is 2.49. The van der Waals surface area contributed by atoms with E-state index in [1.807, 2.05) is 0 Å². The minimum atomic E-state index is -0.162. The van der Waals surface area contributed by atoms with Gasteiger partial charge < -0.3 is 15.8 Å². The van der Waals surface area contributed by atoms with Crippen LogP contribution >= 0.6 is 12.4 Å². The van der Waals surface area contributed by atoms with Crippen LogP contribution in [0.3, 0.4) is 0 Å². The van der Waals surface area contributed by atoms with Crippen LogP contribution < -0.4 is 11.1 Å². The summed E-state index contributed by atoms with van der Waals surface area (Å²) in [4.78, 5) is 11.9. The molecule has 0 aromatic carbocycles. The number of methoxy groups -OCH3 is 1. The fourth-order valence-electron chi connectivity index (χ4n) is 3.27. The third-order valence-electron chi connectivity index (χ3n) is 4.18. The summed E-state index contributed by atoms with van der Waals surface area (Å²) < 4.78 is 5.15. The highest BCUT2D eigenvalue weighted by atomic mass is 35.5. The van der Waals surface area contributed by atoms with Crippen LogP contribution in [0.25, 0.3) is 0 Å². The van der Waals surface area contributed by atoms with E-state index in [-0.39, 0.29) is 24.4 Å². The molecule has 0 bridgehead atoms. The minimum absolute atomic E-state index is 0. The van der Waals surface area contributed by atoms with Crippen LogP contribution in [0.15, 0.2) is 0 Å². The molecule has 1 unspecified atom stereocenters. The Morgan fingerprint density at radius 3 is 2.40 bits per heavy atom. The van der Waals surface area contributed by atoms with Crippen molar-refractivity contribution in [3.63, 3.8) is 0 Å². The Hall–Kier alpha value is -0.320. The standard InChI is InChI=1S/C15H30N2O2.ClH/c1-12(2)9-15(6-4-5-7-15)11-17-14(18)8-13(10-16)19-3;/h12-13H,4-11,16H2,1-3H3,(H,17,18);1H. The SMILES string of the molecule is COC(CN)CC(=O)NCC1(CC(C)C)CCCC1.Cl. The summed E-state index contributed by atoms with van der Waals surface area (Å²) >= 11 is 0. The first-order valence-electron chi connectivity index (χ1n) is 7.51. The molecule has 1 aliphatic carbocycles. The van der Waals surface area contributed by atoms with E-state index in [2.05, 4.69) is 19.2 Å². The van der Waals surface area contributed by atoms with Crippen molar-refractivity contribution in [1.29, 1.82) is 0 Å². The lowest BCUT2D eigenvalue weighted by Crippen LogP contribution is -2.39. The van der Waals surface area contributed by atoms with Crippen molar-refractivity contribution in [2.24, 2.45) is 17.1 Å². The first-order valence-corrected chi connectivity index (χ1v) is 7.51. The van der Waals surface area contributed by atoms with Gasteiger partial charge in [-0.25, -0.2) is 0 Å². The monoisotopic (exact) mass is 306 g/mol. The second-order valence-electron chi connectivity index (χ2n) is 6.38. The quantitative estimate of drug-likeness (QED) is 0.724. The van der Waals surface area contributed by atoms with Gasteiger partial charge >= 0.3 is 0 Å². The van der Waals surface area contributed by atoms with E-state index in [1.165, 1.54) is 32.1 Å². The number of nitrogens with two attached hydrogens (primary N) is 1. The van der Waals surface area contributed by atoms with Gasteiger partial charge in [0.2, 0.25) is 5.91 Å². The maximum absolute atomic E-state index is 11.9. The maximum atomic E-state index is 11.9. The van der Waals surface area contributed by atoms with Crippen molar-refractivity contribution in [2.75, 3.05) is 20.2 Å². The minimum Gasteiger partial charge on any atom is -0.380 e. The molecule has 3 N–H and O–H groups in total. The highest BCUT2D eigenvalue weighted by Gasteiger charge is 2.34. The van der Waals surface area contributed by atoms with Crippen molar-refractivity contribution >= 4 is 18.3 Å². The molecule has 1 amide bonds. The lowest BCUT2D eigenvalue weighted by molar-refractivity contribution is -0.124. The zero-order valence-electron chi connectivity index (χ0n) is 13.1. The molecule has 0 aromatic rings. The highest BCUT2D eigenvalue weighted by molar-refractivity contribution is 5.85. The number of hydrogen-bond donors (Lipinski definition) is 2. The van der Waals surface area contributed by atoms with Crippen molar-refractivity contribution in [3.05, 3.63) is 0 Å². The molecule has 5 heteroatoms. The van der Waals surface area contributed by atoms with E-state index < -0.39 is 0 Å². The Bertz CT molecular complexity index is 275. The molecule has 1 aliphatic rings. The van der Waals surface area contributed by atoms with Crippen molar-refractivity contribution in [2.45, 2.75) is 58.5 Å². The first-order chi connectivity index (χ1) is 9.01. The molecule has 1 fully saturated rings. The van der Waals surface area contributed by atoms with Gasteiger partial charge in [-0.2, -0.15) is 0 Å². The number of nitrogens with one attached hydrogen (secondary N) is 1. The van der Waals surface area contributed by atoms with Gasteiger partial charge in [-0.05, 0) is 30.6 Å². The Balaban J connectivity index is 0.00000361. The number of carbonyl (C=O) groups excluding carboxylic acids is 1. The van der Waals surface area contributed by atoms with Gasteiger partial charge in [0.05, 0.1) is 12.5 Å². The van der Waals surface area contributed by atoms with Gasteiger partial charge in [0.25, 0.3) is 0 Å². The summed E-state index contributed by atoms with van der Waals surface area (Å²) in [6.45, 7) is 5.72. The molecule has 0 spiro atoms. The van der Waals surface area contributed by atoms with Gasteiger partial charge in [-0.3, -0.25) is 4.79 Å². The number of hydrogen-bond acceptors (Lipinski definition) is 3. The van der Waals surface area contributed by atoms with E-state index in [0.29, 0.717) is 24.3 Å². The lowest BCUT2D eigenvalue weighted by atomic mass is 9.78. The second-order valence-corrected chi connectivity index (χ2v) is 6.38. The molecule has 0 aliphatic heterocycles. The summed E-state index contributed by atoms with van der Waals surface area (Å²) in [6.07, 6.45) is 6.50. The number of carbonyl (C=O) groups is 1. The highest BCUT2D eigenvalue weighted by Crippen LogP contribution is 2.42. The zero-order valence-corrected chi connectivity index (χ0v) is 13.9. The maximum Gasteiger partial charge on any atom is 0.222 e. The van der Waals surface area contributed by atoms with Crippen LogP contribution in [0.1, 0.15) is 52.4 Å². The van der Waals surface area contributed by atoms with Crippen LogP contribution in [0.5, 0.6) is 0 Å². The third-order valence-corrected chi connectivity index (χ3v) is 4.18. The Kier molecular flexibility index (Phi) is 9.43. The van der Waals surface area contributed by atoms with Gasteiger partial charge in [0.1, 0.15) is 0 Å². The van der Waals surface area contributed by atoms with Crippen molar-refractivity contribution < 1.29 is 9.53 Å². The normalized spacial score (nSPS) is 18.6. The van der Waals surface area contributed by atoms with Gasteiger partial charge in [-0.1, -0.05) is 26.7 Å². The third kappa shape index (κ3) is 6.42. The molecule has 0 heterocycles. The molecular formula is C15H31ClN2O2. The summed E-state index contributed by atoms with van der Waals surface area (Å²) in [5.74, 6) is 0.748. The van der Waals surface area contributed by atoms with Gasteiger partial charge in [-0.15, -0.1) is 12.4 Å². The van der Waals surface area contributed by atoms with Crippen LogP contribution in [0.2, 0.25) is 0 Å². The van der Waals surface area contributed by atoms with Crippen LogP contribution in [-0.4, -0.2) is 32.2 Å². The Labute approximate surface area is 129 Å². The molecular weight excluding hydrogens is 276 g/mol. The predicted molar refractivity (Wildman–Crippen MR) is 85.1 cm³/mol. The van der Waals surface area contributed by atoms with E-state index in [0.717, 1.165) is 6.54 Å². The second kappa shape index (κ2) is 9.59. The average Bonchev–Trinajstić information content (AvgIpc) is 2.81. The number of halogens is 1. The summed E-state index contributed by atoms with van der Waals surface area (Å²) in [5.41, 5.74) is 5.87. The molecule has 1 saturated carbocycles. The van der Waals surface area contributed by atoms with Crippen molar-refractivity contribution in [3.8, 4) is 0 Å². The molecule has 0 radical (unpaired) electrons. The molecule has 1 atom stereocenters. The first kappa shape index (κ1) is 19.7. The molecule has 120 valence electrons. The van der Waals surface area contributed by atoms with E-state index >= 15 is 0 Å². The summed E-state index contributed by atoms with van der Waals surface area (Å²) in [5, 5.41) is 3.10. The molecule has 0 aromatic heterocycles. The molecule has 0 saturated heterocycles. The summed E-state index contributed by atoms with van der Waals surface area (Å²) in [7, 11) is 1.60. The average molecular weight is 307 g/mol. The number of rotatable bonds is 8. The van der Waals surface area contributed by atoms with E-state index in [4.69, 9.17) is 10.5 Å². The smallest absolute Gasteiger partial charge is 0.222 e. The van der Waals surface area contributed by atoms with Crippen LogP contribution in [0.4, 0.5) is 0 Å².